The first kappa shape index (κ1) is 22.4. The molecule has 7 nitrogen and oxygen atoms in total. The molecule has 0 heterocycles. The van der Waals surface area contributed by atoms with Gasteiger partial charge in [0, 0.05) is 24.2 Å². The van der Waals surface area contributed by atoms with Crippen LogP contribution in [0.2, 0.25) is 0 Å². The zero-order valence-electron chi connectivity index (χ0n) is 15.9. The van der Waals surface area contributed by atoms with Gasteiger partial charge in [-0.25, -0.2) is 4.39 Å². The number of rotatable bonds is 10. The number of nitrogens with one attached hydrogen (secondary N) is 2. The predicted molar refractivity (Wildman–Crippen MR) is 110 cm³/mol. The molecule has 0 aliphatic heterocycles. The van der Waals surface area contributed by atoms with Crippen LogP contribution in [0, 0.1) is 15.9 Å². The largest absolute Gasteiger partial charge is 0.354 e. The Morgan fingerprint density at radius 1 is 1.21 bits per heavy atom. The molecule has 1 unspecified atom stereocenters. The van der Waals surface area contributed by atoms with E-state index in [1.54, 1.807) is 23.9 Å². The van der Waals surface area contributed by atoms with Gasteiger partial charge in [0.05, 0.1) is 4.92 Å². The molecule has 2 rings (SSSR count). The summed E-state index contributed by atoms with van der Waals surface area (Å²) in [7, 11) is 0. The van der Waals surface area contributed by atoms with Crippen LogP contribution in [0.1, 0.15) is 22.3 Å². The van der Waals surface area contributed by atoms with Crippen LogP contribution >= 0.6 is 11.8 Å². The van der Waals surface area contributed by atoms with Gasteiger partial charge in [0.1, 0.15) is 11.9 Å². The van der Waals surface area contributed by atoms with Crippen LogP contribution in [0.25, 0.3) is 0 Å². The number of non-ortho nitro benzene ring substituents is 1. The van der Waals surface area contributed by atoms with Gasteiger partial charge in [-0.15, -0.1) is 0 Å². The van der Waals surface area contributed by atoms with E-state index in [1.165, 1.54) is 36.4 Å². The molecular weight excluding hydrogens is 397 g/mol. The highest BCUT2D eigenvalue weighted by Gasteiger charge is 2.21. The molecule has 2 aromatic rings. The van der Waals surface area contributed by atoms with Gasteiger partial charge in [0.15, 0.2) is 0 Å². The van der Waals surface area contributed by atoms with Crippen molar-refractivity contribution in [1.82, 2.24) is 10.6 Å². The molecule has 0 saturated carbocycles. The summed E-state index contributed by atoms with van der Waals surface area (Å²) in [6.45, 7) is 0.340. The van der Waals surface area contributed by atoms with Crippen LogP contribution in [-0.2, 0) is 11.2 Å². The number of benzene rings is 2. The lowest BCUT2D eigenvalue weighted by atomic mass is 10.1. The molecule has 2 amide bonds. The van der Waals surface area contributed by atoms with E-state index < -0.39 is 16.9 Å². The van der Waals surface area contributed by atoms with Crippen molar-refractivity contribution in [2.24, 2.45) is 0 Å². The molecule has 154 valence electrons. The third kappa shape index (κ3) is 7.19. The average Bonchev–Trinajstić information content (AvgIpc) is 2.72. The highest BCUT2D eigenvalue weighted by atomic mass is 32.2. The fraction of sp³-hybridized carbons (Fsp3) is 0.300. The fourth-order valence-corrected chi connectivity index (χ4v) is 3.08. The lowest BCUT2D eigenvalue weighted by Gasteiger charge is -2.18. The molecule has 0 fully saturated rings. The summed E-state index contributed by atoms with van der Waals surface area (Å²) in [5.74, 6) is -0.544. The second-order valence-corrected chi connectivity index (χ2v) is 7.27. The van der Waals surface area contributed by atoms with Crippen LogP contribution in [0.15, 0.2) is 48.5 Å². The Morgan fingerprint density at radius 2 is 1.93 bits per heavy atom. The van der Waals surface area contributed by atoms with Crippen molar-refractivity contribution in [3.63, 3.8) is 0 Å². The van der Waals surface area contributed by atoms with Gasteiger partial charge in [-0.3, -0.25) is 19.7 Å². The Kier molecular flexibility index (Phi) is 8.60. The van der Waals surface area contributed by atoms with Crippen molar-refractivity contribution >= 4 is 29.3 Å². The third-order valence-corrected chi connectivity index (χ3v) is 4.82. The molecular formula is C20H22FN3O4S. The highest BCUT2D eigenvalue weighted by Crippen LogP contribution is 2.13. The zero-order chi connectivity index (χ0) is 21.2. The zero-order valence-corrected chi connectivity index (χ0v) is 16.7. The molecule has 0 aromatic heterocycles. The Labute approximate surface area is 172 Å². The number of hydrogen-bond acceptors (Lipinski definition) is 5. The van der Waals surface area contributed by atoms with Gasteiger partial charge in [0.2, 0.25) is 5.91 Å². The summed E-state index contributed by atoms with van der Waals surface area (Å²) in [6.07, 6.45) is 2.84. The topological polar surface area (TPSA) is 101 Å². The SMILES string of the molecule is CSCCC(NC(=O)c1cccc([N+](=O)[O-])c1)C(=O)NCCc1ccc(F)cc1. The molecule has 0 radical (unpaired) electrons. The second kappa shape index (κ2) is 11.2. The Hall–Kier alpha value is -2.94. The molecule has 0 aliphatic carbocycles. The standard InChI is InChI=1S/C20H22FN3O4S/c1-29-12-10-18(20(26)22-11-9-14-5-7-16(21)8-6-14)23-19(25)15-3-2-4-17(13-15)24(27)28/h2-8,13,18H,9-12H2,1H3,(H,22,26)(H,23,25). The van der Waals surface area contributed by atoms with Crippen LogP contribution in [0.4, 0.5) is 10.1 Å². The Morgan fingerprint density at radius 3 is 2.59 bits per heavy atom. The van der Waals surface area contributed by atoms with E-state index >= 15 is 0 Å². The quantitative estimate of drug-likeness (QED) is 0.455. The van der Waals surface area contributed by atoms with Crippen LogP contribution in [0.3, 0.4) is 0 Å². The van der Waals surface area contributed by atoms with E-state index in [0.717, 1.165) is 5.56 Å². The minimum Gasteiger partial charge on any atom is -0.354 e. The third-order valence-electron chi connectivity index (χ3n) is 4.18. The van der Waals surface area contributed by atoms with Gasteiger partial charge in [0.25, 0.3) is 11.6 Å². The monoisotopic (exact) mass is 419 g/mol. The molecule has 0 saturated heterocycles. The lowest BCUT2D eigenvalue weighted by molar-refractivity contribution is -0.384. The van der Waals surface area contributed by atoms with Gasteiger partial charge in [-0.05, 0) is 48.6 Å². The van der Waals surface area contributed by atoms with Crippen molar-refractivity contribution in [3.8, 4) is 0 Å². The van der Waals surface area contributed by atoms with Gasteiger partial charge in [-0.1, -0.05) is 18.2 Å². The maximum atomic E-state index is 12.9. The molecule has 29 heavy (non-hydrogen) atoms. The van der Waals surface area contributed by atoms with E-state index in [0.29, 0.717) is 25.1 Å². The number of carbonyl (C=O) groups excluding carboxylic acids is 2. The summed E-state index contributed by atoms with van der Waals surface area (Å²) in [4.78, 5) is 35.3. The van der Waals surface area contributed by atoms with Crippen LogP contribution in [0.5, 0.6) is 0 Å². The van der Waals surface area contributed by atoms with Gasteiger partial charge >= 0.3 is 0 Å². The number of nitro benzene ring substituents is 1. The Bertz CT molecular complexity index is 861. The number of halogens is 1. The molecule has 2 N–H and O–H groups in total. The van der Waals surface area contributed by atoms with E-state index in [9.17, 15) is 24.1 Å². The number of thioether (sulfide) groups is 1. The molecule has 0 aliphatic rings. The molecule has 9 heteroatoms. The first-order valence-corrected chi connectivity index (χ1v) is 10.4. The Balaban J connectivity index is 1.97. The van der Waals surface area contributed by atoms with Crippen LogP contribution in [-0.4, -0.2) is 41.3 Å². The summed E-state index contributed by atoms with van der Waals surface area (Å²) in [5.41, 5.74) is 0.808. The second-order valence-electron chi connectivity index (χ2n) is 6.28. The van der Waals surface area contributed by atoms with Crippen molar-refractivity contribution in [2.75, 3.05) is 18.6 Å². The van der Waals surface area contributed by atoms with E-state index in [4.69, 9.17) is 0 Å². The first-order chi connectivity index (χ1) is 13.9. The van der Waals surface area contributed by atoms with Gasteiger partial charge in [-0.2, -0.15) is 11.8 Å². The minimum absolute atomic E-state index is 0.118. The number of hydrogen-bond donors (Lipinski definition) is 2. The van der Waals surface area contributed by atoms with E-state index in [1.807, 2.05) is 6.26 Å². The summed E-state index contributed by atoms with van der Waals surface area (Å²) in [6, 6.07) is 10.6. The number of amides is 2. The fourth-order valence-electron chi connectivity index (χ4n) is 2.61. The molecule has 2 aromatic carbocycles. The van der Waals surface area contributed by atoms with Crippen molar-refractivity contribution in [3.05, 3.63) is 75.6 Å². The highest BCUT2D eigenvalue weighted by molar-refractivity contribution is 7.98. The smallest absolute Gasteiger partial charge is 0.270 e. The van der Waals surface area contributed by atoms with E-state index in [-0.39, 0.29) is 23.0 Å². The molecule has 1 atom stereocenters. The number of nitrogens with zero attached hydrogens (tertiary/aromatic N) is 1. The minimum atomic E-state index is -0.762. The normalized spacial score (nSPS) is 11.5. The van der Waals surface area contributed by atoms with Crippen molar-refractivity contribution < 1.29 is 18.9 Å². The predicted octanol–water partition coefficient (Wildman–Crippen LogP) is 2.94. The first-order valence-electron chi connectivity index (χ1n) is 8.97. The van der Waals surface area contributed by atoms with Gasteiger partial charge < -0.3 is 10.6 Å². The summed E-state index contributed by atoms with van der Waals surface area (Å²) in [5, 5.41) is 16.3. The average molecular weight is 419 g/mol. The van der Waals surface area contributed by atoms with Crippen LogP contribution < -0.4 is 10.6 Å². The number of nitro groups is 1. The molecule has 0 bridgehead atoms. The molecule has 0 spiro atoms. The van der Waals surface area contributed by atoms with Crippen molar-refractivity contribution in [1.29, 1.82) is 0 Å². The lowest BCUT2D eigenvalue weighted by Crippen LogP contribution is -2.47. The summed E-state index contributed by atoms with van der Waals surface area (Å²) < 4.78 is 12.9. The maximum Gasteiger partial charge on any atom is 0.270 e. The summed E-state index contributed by atoms with van der Waals surface area (Å²) >= 11 is 1.54. The van der Waals surface area contributed by atoms with Crippen molar-refractivity contribution in [2.45, 2.75) is 18.9 Å². The maximum absolute atomic E-state index is 12.9. The van der Waals surface area contributed by atoms with E-state index in [2.05, 4.69) is 10.6 Å². The number of carbonyl (C=O) groups is 2.